The average Bonchev–Trinajstić information content (AvgIpc) is 3.07. The molecule has 138 valence electrons. The second kappa shape index (κ2) is 7.12. The summed E-state index contributed by atoms with van der Waals surface area (Å²) in [6.07, 6.45) is 5.33. The van der Waals surface area contributed by atoms with Crippen LogP contribution in [0.3, 0.4) is 0 Å². The summed E-state index contributed by atoms with van der Waals surface area (Å²) in [6, 6.07) is 9.96. The van der Waals surface area contributed by atoms with Gasteiger partial charge in [-0.1, -0.05) is 6.07 Å². The smallest absolute Gasteiger partial charge is 0.227 e. The number of thiazole rings is 1. The standard InChI is InChI=1S/C21H21N3O2S/c1-14(2)24-19-7-6-16(12-17(19)4-3-5-20(24)25)18-13-27-21(22-18)15-8-10-23(26)11-9-15/h6-14H,3-5H2,1-2H3. The van der Waals surface area contributed by atoms with E-state index in [1.807, 2.05) is 16.3 Å². The lowest BCUT2D eigenvalue weighted by atomic mass is 10.0. The molecule has 3 aromatic rings. The Kier molecular flexibility index (Phi) is 4.66. The van der Waals surface area contributed by atoms with E-state index in [9.17, 15) is 10.0 Å². The number of aromatic nitrogens is 2. The molecule has 0 saturated heterocycles. The van der Waals surface area contributed by atoms with E-state index in [0.717, 1.165) is 45.1 Å². The van der Waals surface area contributed by atoms with E-state index in [2.05, 4.69) is 26.0 Å². The third-order valence-corrected chi connectivity index (χ3v) is 5.70. The predicted molar refractivity (Wildman–Crippen MR) is 108 cm³/mol. The molecule has 4 rings (SSSR count). The van der Waals surface area contributed by atoms with E-state index in [1.165, 1.54) is 18.0 Å². The molecule has 0 aliphatic carbocycles. The van der Waals surface area contributed by atoms with Gasteiger partial charge in [-0.25, -0.2) is 4.98 Å². The molecule has 1 aromatic carbocycles. The molecule has 0 spiro atoms. The van der Waals surface area contributed by atoms with Gasteiger partial charge in [0.15, 0.2) is 12.4 Å². The number of hydrogen-bond acceptors (Lipinski definition) is 4. The highest BCUT2D eigenvalue weighted by molar-refractivity contribution is 7.13. The zero-order chi connectivity index (χ0) is 19.0. The summed E-state index contributed by atoms with van der Waals surface area (Å²) in [4.78, 5) is 19.1. The van der Waals surface area contributed by atoms with Gasteiger partial charge in [0.1, 0.15) is 5.01 Å². The number of carbonyl (C=O) groups excluding carboxylic acids is 1. The van der Waals surface area contributed by atoms with Crippen molar-refractivity contribution >= 4 is 22.9 Å². The minimum atomic E-state index is 0.146. The predicted octanol–water partition coefficient (Wildman–Crippen LogP) is 4.19. The van der Waals surface area contributed by atoms with Crippen LogP contribution >= 0.6 is 11.3 Å². The number of benzene rings is 1. The Morgan fingerprint density at radius 3 is 2.67 bits per heavy atom. The Labute approximate surface area is 162 Å². The Balaban J connectivity index is 1.69. The Bertz CT molecular complexity index is 979. The van der Waals surface area contributed by atoms with E-state index >= 15 is 0 Å². The summed E-state index contributed by atoms with van der Waals surface area (Å²) in [5.74, 6) is 0.201. The van der Waals surface area contributed by atoms with Crippen molar-refractivity contribution in [3.05, 3.63) is 58.9 Å². The minimum Gasteiger partial charge on any atom is -0.619 e. The number of anilines is 1. The van der Waals surface area contributed by atoms with Gasteiger partial charge in [0.25, 0.3) is 0 Å². The van der Waals surface area contributed by atoms with Gasteiger partial charge in [0, 0.05) is 46.8 Å². The van der Waals surface area contributed by atoms with Gasteiger partial charge in [-0.15, -0.1) is 11.3 Å². The molecule has 5 nitrogen and oxygen atoms in total. The first kappa shape index (κ1) is 17.7. The van der Waals surface area contributed by atoms with Crippen molar-refractivity contribution in [2.45, 2.75) is 39.2 Å². The van der Waals surface area contributed by atoms with Crippen LogP contribution in [0, 0.1) is 5.21 Å². The van der Waals surface area contributed by atoms with Crippen LogP contribution in [0.15, 0.2) is 48.1 Å². The third-order valence-electron chi connectivity index (χ3n) is 4.81. The number of rotatable bonds is 3. The fraction of sp³-hybridized carbons (Fsp3) is 0.286. The SMILES string of the molecule is CC(C)N1C(=O)CCCc2cc(-c3csc(-c4cc[n+]([O-])cc4)n3)ccc21. The molecular formula is C21H21N3O2S. The molecule has 1 aliphatic heterocycles. The normalized spacial score (nSPS) is 14.3. The first-order valence-electron chi connectivity index (χ1n) is 9.13. The van der Waals surface area contributed by atoms with Crippen LogP contribution in [-0.4, -0.2) is 16.9 Å². The largest absolute Gasteiger partial charge is 0.619 e. The van der Waals surface area contributed by atoms with Crippen molar-refractivity contribution in [3.8, 4) is 21.8 Å². The highest BCUT2D eigenvalue weighted by atomic mass is 32.1. The molecule has 1 amide bonds. The quantitative estimate of drug-likeness (QED) is 0.506. The molecule has 0 unspecified atom stereocenters. The molecule has 1 aliphatic rings. The molecule has 6 heteroatoms. The number of fused-ring (bicyclic) bond motifs is 1. The maximum atomic E-state index is 12.4. The van der Waals surface area contributed by atoms with Gasteiger partial charge < -0.3 is 10.1 Å². The highest BCUT2D eigenvalue weighted by Crippen LogP contribution is 2.34. The topological polar surface area (TPSA) is 60.1 Å². The molecule has 2 aromatic heterocycles. The van der Waals surface area contributed by atoms with Gasteiger partial charge in [-0.3, -0.25) is 4.79 Å². The van der Waals surface area contributed by atoms with E-state index in [1.54, 1.807) is 23.5 Å². The van der Waals surface area contributed by atoms with Crippen molar-refractivity contribution in [3.63, 3.8) is 0 Å². The Morgan fingerprint density at radius 2 is 1.93 bits per heavy atom. The molecular weight excluding hydrogens is 358 g/mol. The zero-order valence-corrected chi connectivity index (χ0v) is 16.2. The first-order valence-corrected chi connectivity index (χ1v) is 10.0. The van der Waals surface area contributed by atoms with Crippen LogP contribution in [0.5, 0.6) is 0 Å². The van der Waals surface area contributed by atoms with E-state index in [0.29, 0.717) is 6.42 Å². The van der Waals surface area contributed by atoms with Crippen molar-refractivity contribution in [2.24, 2.45) is 0 Å². The number of nitrogens with zero attached hydrogens (tertiary/aromatic N) is 3. The van der Waals surface area contributed by atoms with Crippen LogP contribution in [0.1, 0.15) is 32.3 Å². The molecule has 0 bridgehead atoms. The van der Waals surface area contributed by atoms with Gasteiger partial charge in [0.05, 0.1) is 5.69 Å². The molecule has 3 heterocycles. The zero-order valence-electron chi connectivity index (χ0n) is 15.4. The van der Waals surface area contributed by atoms with Gasteiger partial charge in [0.2, 0.25) is 5.91 Å². The first-order chi connectivity index (χ1) is 13.0. The lowest BCUT2D eigenvalue weighted by Crippen LogP contribution is -2.36. The lowest BCUT2D eigenvalue weighted by Gasteiger charge is -2.27. The number of carbonyl (C=O) groups is 1. The number of hydrogen-bond donors (Lipinski definition) is 0. The van der Waals surface area contributed by atoms with Crippen LogP contribution in [0.4, 0.5) is 5.69 Å². The van der Waals surface area contributed by atoms with Crippen LogP contribution in [-0.2, 0) is 11.2 Å². The highest BCUT2D eigenvalue weighted by Gasteiger charge is 2.24. The molecule has 0 N–H and O–H groups in total. The Hall–Kier alpha value is -2.73. The van der Waals surface area contributed by atoms with Crippen molar-refractivity contribution in [2.75, 3.05) is 4.90 Å². The molecule has 0 fully saturated rings. The van der Waals surface area contributed by atoms with Crippen LogP contribution in [0.25, 0.3) is 21.8 Å². The van der Waals surface area contributed by atoms with E-state index in [-0.39, 0.29) is 11.9 Å². The van der Waals surface area contributed by atoms with Gasteiger partial charge >= 0.3 is 0 Å². The van der Waals surface area contributed by atoms with Crippen molar-refractivity contribution in [1.29, 1.82) is 0 Å². The summed E-state index contributed by atoms with van der Waals surface area (Å²) in [6.45, 7) is 4.11. The summed E-state index contributed by atoms with van der Waals surface area (Å²) >= 11 is 1.56. The fourth-order valence-electron chi connectivity index (χ4n) is 3.53. The third kappa shape index (κ3) is 3.45. The van der Waals surface area contributed by atoms with Crippen molar-refractivity contribution in [1.82, 2.24) is 4.98 Å². The van der Waals surface area contributed by atoms with E-state index in [4.69, 9.17) is 4.98 Å². The summed E-state index contributed by atoms with van der Waals surface area (Å²) < 4.78 is 0.770. The summed E-state index contributed by atoms with van der Waals surface area (Å²) in [7, 11) is 0. The molecule has 0 atom stereocenters. The minimum absolute atomic E-state index is 0.146. The maximum Gasteiger partial charge on any atom is 0.227 e. The number of aryl methyl sites for hydroxylation is 1. The fourth-order valence-corrected chi connectivity index (χ4v) is 4.36. The van der Waals surface area contributed by atoms with E-state index < -0.39 is 0 Å². The average molecular weight is 379 g/mol. The monoisotopic (exact) mass is 379 g/mol. The lowest BCUT2D eigenvalue weighted by molar-refractivity contribution is -0.605. The molecule has 0 saturated carbocycles. The van der Waals surface area contributed by atoms with Gasteiger partial charge in [-0.2, -0.15) is 4.73 Å². The number of amides is 1. The molecule has 27 heavy (non-hydrogen) atoms. The molecule has 0 radical (unpaired) electrons. The second-order valence-electron chi connectivity index (χ2n) is 7.04. The maximum absolute atomic E-state index is 12.4. The number of pyridine rings is 1. The van der Waals surface area contributed by atoms with Crippen LogP contribution in [0.2, 0.25) is 0 Å². The van der Waals surface area contributed by atoms with Crippen molar-refractivity contribution < 1.29 is 9.52 Å². The summed E-state index contributed by atoms with van der Waals surface area (Å²) in [5, 5.41) is 14.1. The Morgan fingerprint density at radius 1 is 1.15 bits per heavy atom. The van der Waals surface area contributed by atoms with Gasteiger partial charge in [-0.05, 0) is 44.4 Å². The second-order valence-corrected chi connectivity index (χ2v) is 7.90. The summed E-state index contributed by atoms with van der Waals surface area (Å²) in [5.41, 5.74) is 5.14. The van der Waals surface area contributed by atoms with Crippen LogP contribution < -0.4 is 9.63 Å².